The molecule has 0 aromatic heterocycles. The highest BCUT2D eigenvalue weighted by atomic mass is 16.5. The van der Waals surface area contributed by atoms with Crippen LogP contribution in [-0.2, 0) is 11.3 Å². The summed E-state index contributed by atoms with van der Waals surface area (Å²) in [7, 11) is 2.14. The van der Waals surface area contributed by atoms with Crippen molar-refractivity contribution in [3.63, 3.8) is 0 Å². The van der Waals surface area contributed by atoms with Crippen molar-refractivity contribution in [3.8, 4) is 11.1 Å². The number of ether oxygens (including phenoxy) is 1. The molecule has 7 nitrogen and oxygen atoms in total. The molecule has 0 radical (unpaired) electrons. The Morgan fingerprint density at radius 1 is 0.917 bits per heavy atom. The van der Waals surface area contributed by atoms with Gasteiger partial charge in [-0.2, -0.15) is 0 Å². The molecule has 7 heteroatoms. The number of aliphatic imine (C=N–C) groups is 1. The van der Waals surface area contributed by atoms with Gasteiger partial charge in [-0.3, -0.25) is 9.79 Å². The lowest BCUT2D eigenvalue weighted by Crippen LogP contribution is -2.44. The Morgan fingerprint density at radius 3 is 2.42 bits per heavy atom. The van der Waals surface area contributed by atoms with Crippen LogP contribution in [0, 0.1) is 0 Å². The van der Waals surface area contributed by atoms with Crippen molar-refractivity contribution in [3.05, 3.63) is 89.0 Å². The molecule has 2 heterocycles. The van der Waals surface area contributed by atoms with Crippen LogP contribution in [0.2, 0.25) is 0 Å². The highest BCUT2D eigenvalue weighted by Crippen LogP contribution is 2.27. The molecule has 1 fully saturated rings. The van der Waals surface area contributed by atoms with Crippen molar-refractivity contribution >= 4 is 23.4 Å². The first-order valence-corrected chi connectivity index (χ1v) is 12.3. The molecular weight excluding hydrogens is 452 g/mol. The van der Waals surface area contributed by atoms with E-state index in [0.717, 1.165) is 54.1 Å². The van der Waals surface area contributed by atoms with Crippen molar-refractivity contribution in [1.29, 1.82) is 0 Å². The normalized spacial score (nSPS) is 15.3. The first-order chi connectivity index (χ1) is 17.5. The van der Waals surface area contributed by atoms with E-state index in [1.54, 1.807) is 13.0 Å². The van der Waals surface area contributed by atoms with Crippen molar-refractivity contribution in [2.75, 3.05) is 44.7 Å². The van der Waals surface area contributed by atoms with Gasteiger partial charge in [0.25, 0.3) is 5.91 Å². The molecule has 3 aromatic carbocycles. The Hall–Kier alpha value is -3.97. The second kappa shape index (κ2) is 10.3. The molecule has 5 rings (SSSR count). The lowest BCUT2D eigenvalue weighted by atomic mass is 9.98. The Balaban J connectivity index is 1.26. The van der Waals surface area contributed by atoms with Gasteiger partial charge in [-0.05, 0) is 73.1 Å². The van der Waals surface area contributed by atoms with Gasteiger partial charge in [0, 0.05) is 43.0 Å². The second-order valence-electron chi connectivity index (χ2n) is 9.13. The van der Waals surface area contributed by atoms with Gasteiger partial charge in [0.2, 0.25) is 0 Å². The SMILES string of the molecule is CCOC(=O)c1cccc(-c2ccc3c(c2)CN=C3NC(=O)c2ccc(N3CCN(C)CC3)cc2)c1. The number of esters is 1. The van der Waals surface area contributed by atoms with E-state index in [-0.39, 0.29) is 11.9 Å². The Bertz CT molecular complexity index is 1310. The lowest BCUT2D eigenvalue weighted by molar-refractivity contribution is 0.0526. The standard InChI is InChI=1S/C29H30N4O3/c1-3-36-29(35)23-6-4-5-21(17-23)22-9-12-26-24(18-22)19-30-27(26)31-28(34)20-7-10-25(11-8-20)33-15-13-32(2)14-16-33/h4-12,17-18H,3,13-16,19H2,1-2H3,(H,30,31,34). The molecule has 0 saturated carbocycles. The van der Waals surface area contributed by atoms with Crippen LogP contribution in [-0.4, -0.2) is 62.4 Å². The summed E-state index contributed by atoms with van der Waals surface area (Å²) in [5.41, 5.74) is 6.15. The monoisotopic (exact) mass is 482 g/mol. The maximum atomic E-state index is 12.9. The van der Waals surface area contributed by atoms with Gasteiger partial charge >= 0.3 is 5.97 Å². The number of hydrogen-bond acceptors (Lipinski definition) is 6. The first kappa shape index (κ1) is 23.8. The number of piperazine rings is 1. The van der Waals surface area contributed by atoms with Gasteiger partial charge in [0.05, 0.1) is 18.7 Å². The molecule has 0 atom stereocenters. The van der Waals surface area contributed by atoms with E-state index in [2.05, 4.69) is 33.2 Å². The van der Waals surface area contributed by atoms with Crippen LogP contribution in [0.25, 0.3) is 11.1 Å². The molecule has 3 aromatic rings. The number of nitrogens with one attached hydrogen (secondary N) is 1. The molecule has 2 aliphatic heterocycles. The molecular formula is C29H30N4O3. The quantitative estimate of drug-likeness (QED) is 0.557. The molecule has 0 bridgehead atoms. The maximum Gasteiger partial charge on any atom is 0.338 e. The van der Waals surface area contributed by atoms with Gasteiger partial charge < -0.3 is 19.9 Å². The van der Waals surface area contributed by atoms with E-state index >= 15 is 0 Å². The molecule has 2 aliphatic rings. The fourth-order valence-electron chi connectivity index (χ4n) is 4.60. The summed E-state index contributed by atoms with van der Waals surface area (Å²) in [6, 6.07) is 21.2. The number of anilines is 1. The number of carbonyl (C=O) groups is 2. The van der Waals surface area contributed by atoms with Gasteiger partial charge in [0.15, 0.2) is 0 Å². The number of carbonyl (C=O) groups excluding carboxylic acids is 2. The third-order valence-electron chi connectivity index (χ3n) is 6.70. The third kappa shape index (κ3) is 5.02. The van der Waals surface area contributed by atoms with Crippen molar-refractivity contribution in [2.45, 2.75) is 13.5 Å². The fraction of sp³-hybridized carbons (Fsp3) is 0.276. The van der Waals surface area contributed by atoms with Crippen LogP contribution in [0.3, 0.4) is 0 Å². The third-order valence-corrected chi connectivity index (χ3v) is 6.70. The Kier molecular flexibility index (Phi) is 6.82. The molecule has 0 unspecified atom stereocenters. The highest BCUT2D eigenvalue weighted by molar-refractivity contribution is 6.14. The van der Waals surface area contributed by atoms with Gasteiger partial charge in [-0.1, -0.05) is 24.3 Å². The van der Waals surface area contributed by atoms with Gasteiger partial charge in [-0.25, -0.2) is 4.79 Å². The summed E-state index contributed by atoms with van der Waals surface area (Å²) in [6.45, 7) is 6.70. The average Bonchev–Trinajstić information content (AvgIpc) is 3.31. The fourth-order valence-corrected chi connectivity index (χ4v) is 4.60. The van der Waals surface area contributed by atoms with Crippen LogP contribution in [0.15, 0.2) is 71.7 Å². The molecule has 0 aliphatic carbocycles. The highest BCUT2D eigenvalue weighted by Gasteiger charge is 2.20. The number of hydrogen-bond donors (Lipinski definition) is 1. The number of likely N-dealkylation sites (N-methyl/N-ethyl adjacent to an activating group) is 1. The topological polar surface area (TPSA) is 74.2 Å². The van der Waals surface area contributed by atoms with Crippen LogP contribution < -0.4 is 10.2 Å². The number of amidine groups is 1. The molecule has 1 amide bonds. The van der Waals surface area contributed by atoms with Crippen molar-refractivity contribution < 1.29 is 14.3 Å². The molecule has 0 spiro atoms. The maximum absolute atomic E-state index is 12.9. The van der Waals surface area contributed by atoms with Gasteiger partial charge in [-0.15, -0.1) is 0 Å². The zero-order valence-corrected chi connectivity index (χ0v) is 20.7. The zero-order valence-electron chi connectivity index (χ0n) is 20.7. The molecule has 1 saturated heterocycles. The molecule has 36 heavy (non-hydrogen) atoms. The van der Waals surface area contributed by atoms with Crippen molar-refractivity contribution in [2.24, 2.45) is 4.99 Å². The second-order valence-corrected chi connectivity index (χ2v) is 9.13. The van der Waals surface area contributed by atoms with E-state index in [4.69, 9.17) is 4.74 Å². The van der Waals surface area contributed by atoms with E-state index in [1.165, 1.54) is 0 Å². The number of rotatable bonds is 5. The van der Waals surface area contributed by atoms with E-state index in [0.29, 0.717) is 30.1 Å². The average molecular weight is 483 g/mol. The number of nitrogens with zero attached hydrogens (tertiary/aromatic N) is 3. The van der Waals surface area contributed by atoms with Crippen LogP contribution in [0.5, 0.6) is 0 Å². The lowest BCUT2D eigenvalue weighted by Gasteiger charge is -2.34. The van der Waals surface area contributed by atoms with Gasteiger partial charge in [0.1, 0.15) is 5.84 Å². The summed E-state index contributed by atoms with van der Waals surface area (Å²) in [5.74, 6) is 0.0908. The minimum atomic E-state index is -0.328. The first-order valence-electron chi connectivity index (χ1n) is 12.3. The number of fused-ring (bicyclic) bond motifs is 1. The zero-order chi connectivity index (χ0) is 25.1. The van der Waals surface area contributed by atoms with Crippen LogP contribution in [0.4, 0.5) is 5.69 Å². The number of benzene rings is 3. The minimum absolute atomic E-state index is 0.169. The summed E-state index contributed by atoms with van der Waals surface area (Å²) in [6.07, 6.45) is 0. The Labute approximate surface area is 211 Å². The molecule has 184 valence electrons. The predicted octanol–water partition coefficient (Wildman–Crippen LogP) is 3.97. The van der Waals surface area contributed by atoms with E-state index in [1.807, 2.05) is 54.6 Å². The summed E-state index contributed by atoms with van der Waals surface area (Å²) >= 11 is 0. The summed E-state index contributed by atoms with van der Waals surface area (Å²) in [4.78, 5) is 34.3. The smallest absolute Gasteiger partial charge is 0.338 e. The van der Waals surface area contributed by atoms with E-state index in [9.17, 15) is 9.59 Å². The predicted molar refractivity (Wildman–Crippen MR) is 142 cm³/mol. The number of amides is 1. The van der Waals surface area contributed by atoms with E-state index < -0.39 is 0 Å². The molecule has 1 N–H and O–H groups in total. The Morgan fingerprint density at radius 2 is 1.67 bits per heavy atom. The van der Waals surface area contributed by atoms with Crippen molar-refractivity contribution in [1.82, 2.24) is 10.2 Å². The van der Waals surface area contributed by atoms with Crippen LogP contribution in [0.1, 0.15) is 38.8 Å². The largest absolute Gasteiger partial charge is 0.462 e. The van der Waals surface area contributed by atoms with Crippen LogP contribution >= 0.6 is 0 Å². The summed E-state index contributed by atoms with van der Waals surface area (Å²) < 4.78 is 5.12. The minimum Gasteiger partial charge on any atom is -0.462 e. The summed E-state index contributed by atoms with van der Waals surface area (Å²) in [5, 5.41) is 2.98.